The number of primary amides is 1. The number of ether oxygens (including phenoxy) is 1. The SMILES string of the molecule is CC(C)OC(=O)N1CCC(C)(N2CCC(N(C(N)=O)C3CCCCC3)CC2)CC1. The van der Waals surface area contributed by atoms with Crippen LogP contribution in [0.5, 0.6) is 0 Å². The summed E-state index contributed by atoms with van der Waals surface area (Å²) in [5, 5.41) is 0. The second kappa shape index (κ2) is 9.54. The van der Waals surface area contributed by atoms with Gasteiger partial charge in [0.15, 0.2) is 0 Å². The number of hydrogen-bond donors (Lipinski definition) is 1. The highest BCUT2D eigenvalue weighted by Gasteiger charge is 2.40. The van der Waals surface area contributed by atoms with E-state index in [1.807, 2.05) is 23.6 Å². The fourth-order valence-electron chi connectivity index (χ4n) is 5.46. The van der Waals surface area contributed by atoms with Crippen molar-refractivity contribution in [3.8, 4) is 0 Å². The van der Waals surface area contributed by atoms with E-state index in [0.717, 1.165) is 64.7 Å². The van der Waals surface area contributed by atoms with Gasteiger partial charge >= 0.3 is 12.1 Å². The average Bonchev–Trinajstić information content (AvgIpc) is 2.69. The molecule has 0 bridgehead atoms. The summed E-state index contributed by atoms with van der Waals surface area (Å²) in [6.45, 7) is 9.58. The van der Waals surface area contributed by atoms with E-state index in [-0.39, 0.29) is 29.8 Å². The molecule has 29 heavy (non-hydrogen) atoms. The Balaban J connectivity index is 1.52. The molecule has 2 saturated heterocycles. The number of amides is 3. The molecule has 2 heterocycles. The summed E-state index contributed by atoms with van der Waals surface area (Å²) in [6.07, 6.45) is 9.55. The molecule has 0 spiro atoms. The standard InChI is InChI=1S/C22H40N4O3/c1-17(2)29-21(28)24-15-11-22(3,12-16-24)25-13-9-19(10-14-25)26(20(23)27)18-7-5-4-6-8-18/h17-19H,4-16H2,1-3H3,(H2,23,27). The van der Waals surface area contributed by atoms with Crippen molar-refractivity contribution in [3.63, 3.8) is 0 Å². The van der Waals surface area contributed by atoms with Crippen LogP contribution in [-0.2, 0) is 4.74 Å². The Labute approximate surface area is 175 Å². The maximum atomic E-state index is 12.2. The molecular formula is C22H40N4O3. The van der Waals surface area contributed by atoms with Crippen LogP contribution in [0.25, 0.3) is 0 Å². The van der Waals surface area contributed by atoms with E-state index in [9.17, 15) is 9.59 Å². The fraction of sp³-hybridized carbons (Fsp3) is 0.909. The third-order valence-electron chi connectivity index (χ3n) is 7.28. The Morgan fingerprint density at radius 1 is 0.966 bits per heavy atom. The van der Waals surface area contributed by atoms with Crippen LogP contribution in [0.15, 0.2) is 0 Å². The normalized spacial score (nSPS) is 24.5. The molecule has 166 valence electrons. The van der Waals surface area contributed by atoms with Gasteiger partial charge in [0.05, 0.1) is 6.10 Å². The van der Waals surface area contributed by atoms with Gasteiger partial charge in [-0.1, -0.05) is 19.3 Å². The maximum absolute atomic E-state index is 12.2. The monoisotopic (exact) mass is 408 g/mol. The summed E-state index contributed by atoms with van der Waals surface area (Å²) in [5.41, 5.74) is 5.92. The fourth-order valence-corrected chi connectivity index (χ4v) is 5.46. The van der Waals surface area contributed by atoms with Crippen LogP contribution in [-0.4, -0.2) is 76.7 Å². The lowest BCUT2D eigenvalue weighted by Crippen LogP contribution is -2.60. The zero-order valence-electron chi connectivity index (χ0n) is 18.6. The van der Waals surface area contributed by atoms with Gasteiger partial charge in [0.2, 0.25) is 0 Å². The topological polar surface area (TPSA) is 79.1 Å². The van der Waals surface area contributed by atoms with Crippen LogP contribution >= 0.6 is 0 Å². The Bertz CT molecular complexity index is 560. The van der Waals surface area contributed by atoms with Crippen molar-refractivity contribution in [1.82, 2.24) is 14.7 Å². The Morgan fingerprint density at radius 3 is 2.03 bits per heavy atom. The van der Waals surface area contributed by atoms with Gasteiger partial charge in [-0.3, -0.25) is 4.90 Å². The molecule has 2 N–H and O–H groups in total. The highest BCUT2D eigenvalue weighted by Crippen LogP contribution is 2.34. The molecule has 0 unspecified atom stereocenters. The number of urea groups is 1. The summed E-state index contributed by atoms with van der Waals surface area (Å²) in [7, 11) is 0. The van der Waals surface area contributed by atoms with Gasteiger partial charge in [-0.2, -0.15) is 0 Å². The second-order valence-corrected chi connectivity index (χ2v) is 9.67. The van der Waals surface area contributed by atoms with Gasteiger partial charge in [-0.15, -0.1) is 0 Å². The van der Waals surface area contributed by atoms with E-state index < -0.39 is 0 Å². The zero-order valence-corrected chi connectivity index (χ0v) is 18.6. The number of likely N-dealkylation sites (tertiary alicyclic amines) is 2. The molecular weight excluding hydrogens is 368 g/mol. The van der Waals surface area contributed by atoms with Gasteiger partial charge < -0.3 is 20.3 Å². The molecule has 2 aliphatic heterocycles. The molecule has 0 aromatic heterocycles. The first-order chi connectivity index (χ1) is 13.8. The van der Waals surface area contributed by atoms with Crippen molar-refractivity contribution in [2.45, 2.75) is 102 Å². The molecule has 3 fully saturated rings. The van der Waals surface area contributed by atoms with E-state index >= 15 is 0 Å². The third kappa shape index (κ3) is 5.36. The third-order valence-corrected chi connectivity index (χ3v) is 7.28. The molecule has 1 saturated carbocycles. The summed E-state index contributed by atoms with van der Waals surface area (Å²) < 4.78 is 5.35. The van der Waals surface area contributed by atoms with Crippen molar-refractivity contribution in [2.24, 2.45) is 5.73 Å². The smallest absolute Gasteiger partial charge is 0.410 e. The first kappa shape index (κ1) is 22.2. The Hall–Kier alpha value is -1.50. The van der Waals surface area contributed by atoms with Gasteiger partial charge in [0.1, 0.15) is 0 Å². The number of carbonyl (C=O) groups is 2. The van der Waals surface area contributed by atoms with Crippen molar-refractivity contribution in [3.05, 3.63) is 0 Å². The first-order valence-electron chi connectivity index (χ1n) is 11.6. The first-order valence-corrected chi connectivity index (χ1v) is 11.6. The van der Waals surface area contributed by atoms with Crippen LogP contribution in [0.4, 0.5) is 9.59 Å². The molecule has 1 aliphatic carbocycles. The van der Waals surface area contributed by atoms with Crippen molar-refractivity contribution < 1.29 is 14.3 Å². The molecule has 3 amide bonds. The predicted octanol–water partition coefficient (Wildman–Crippen LogP) is 3.56. The van der Waals surface area contributed by atoms with E-state index in [0.29, 0.717) is 6.04 Å². The number of hydrogen-bond acceptors (Lipinski definition) is 4. The molecule has 0 atom stereocenters. The van der Waals surface area contributed by atoms with Crippen molar-refractivity contribution in [2.75, 3.05) is 26.2 Å². The summed E-state index contributed by atoms with van der Waals surface area (Å²) in [6, 6.07) is 0.374. The molecule has 3 rings (SSSR count). The number of piperidine rings is 2. The van der Waals surface area contributed by atoms with E-state index in [4.69, 9.17) is 10.5 Å². The van der Waals surface area contributed by atoms with Gasteiger partial charge in [0.25, 0.3) is 0 Å². The molecule has 0 aromatic carbocycles. The summed E-state index contributed by atoms with van der Waals surface area (Å²) in [4.78, 5) is 30.8. The van der Waals surface area contributed by atoms with Crippen molar-refractivity contribution >= 4 is 12.1 Å². The predicted molar refractivity (Wildman–Crippen MR) is 114 cm³/mol. The number of rotatable bonds is 4. The van der Waals surface area contributed by atoms with Gasteiger partial charge in [-0.25, -0.2) is 9.59 Å². The molecule has 7 nitrogen and oxygen atoms in total. The number of nitrogens with zero attached hydrogens (tertiary/aromatic N) is 3. The Kier molecular flexibility index (Phi) is 7.30. The van der Waals surface area contributed by atoms with Crippen LogP contribution in [0.1, 0.15) is 78.6 Å². The van der Waals surface area contributed by atoms with E-state index in [1.165, 1.54) is 19.3 Å². The molecule has 3 aliphatic rings. The second-order valence-electron chi connectivity index (χ2n) is 9.67. The number of nitrogens with two attached hydrogens (primary N) is 1. The lowest BCUT2D eigenvalue weighted by Gasteiger charge is -2.50. The lowest BCUT2D eigenvalue weighted by atomic mass is 9.85. The minimum atomic E-state index is -0.237. The minimum absolute atomic E-state index is 0.0767. The highest BCUT2D eigenvalue weighted by molar-refractivity contribution is 5.72. The number of carbonyl (C=O) groups excluding carboxylic acids is 2. The van der Waals surface area contributed by atoms with Crippen molar-refractivity contribution in [1.29, 1.82) is 0 Å². The van der Waals surface area contributed by atoms with Crippen LogP contribution in [0, 0.1) is 0 Å². The molecule has 0 aromatic rings. The maximum Gasteiger partial charge on any atom is 0.410 e. The van der Waals surface area contributed by atoms with Crippen LogP contribution in [0.2, 0.25) is 0 Å². The average molecular weight is 409 g/mol. The Morgan fingerprint density at radius 2 is 1.52 bits per heavy atom. The lowest BCUT2D eigenvalue weighted by molar-refractivity contribution is -0.00439. The zero-order chi connectivity index (χ0) is 21.0. The largest absolute Gasteiger partial charge is 0.447 e. The van der Waals surface area contributed by atoms with E-state index in [2.05, 4.69) is 11.8 Å². The molecule has 0 radical (unpaired) electrons. The van der Waals surface area contributed by atoms with Crippen LogP contribution < -0.4 is 5.73 Å². The quantitative estimate of drug-likeness (QED) is 0.771. The van der Waals surface area contributed by atoms with E-state index in [1.54, 1.807) is 0 Å². The minimum Gasteiger partial charge on any atom is -0.447 e. The summed E-state index contributed by atoms with van der Waals surface area (Å²) in [5.74, 6) is 0. The van der Waals surface area contributed by atoms with Gasteiger partial charge in [0, 0.05) is 43.8 Å². The summed E-state index contributed by atoms with van der Waals surface area (Å²) >= 11 is 0. The molecule has 7 heteroatoms. The van der Waals surface area contributed by atoms with Gasteiger partial charge in [-0.05, 0) is 59.3 Å². The highest BCUT2D eigenvalue weighted by atomic mass is 16.6. The van der Waals surface area contributed by atoms with Crippen LogP contribution in [0.3, 0.4) is 0 Å².